The molecule has 270 valence electrons. The van der Waals surface area contributed by atoms with E-state index in [1.807, 2.05) is 12.3 Å². The number of pyridine rings is 1. The molecule has 3 heterocycles. The highest BCUT2D eigenvalue weighted by Crippen LogP contribution is 2.42. The van der Waals surface area contributed by atoms with Crippen LogP contribution in [0.15, 0.2) is 175 Å². The molecule has 55 heavy (non-hydrogen) atoms. The van der Waals surface area contributed by atoms with E-state index in [-0.39, 0.29) is 5.41 Å². The Kier molecular flexibility index (Phi) is 8.50. The second-order valence-corrected chi connectivity index (χ2v) is 15.4. The van der Waals surface area contributed by atoms with E-state index in [1.165, 1.54) is 55.7 Å². The SMILES string of the molecule is CC1=C(C)N(c2ccc(-c3ccccc3)cc2-c2ccccc2)CN1c1cccc(Oc2ccc3c4ccccc4n(-c4cc(C(C)(C)C)ccn4)c3c2)c1. The summed E-state index contributed by atoms with van der Waals surface area (Å²) in [7, 11) is 0. The number of rotatable bonds is 7. The van der Waals surface area contributed by atoms with Crippen LogP contribution in [0.2, 0.25) is 0 Å². The lowest BCUT2D eigenvalue weighted by Crippen LogP contribution is -2.27. The van der Waals surface area contributed by atoms with Crippen LogP contribution < -0.4 is 14.5 Å². The summed E-state index contributed by atoms with van der Waals surface area (Å²) in [6.45, 7) is 11.8. The molecule has 0 saturated carbocycles. The molecule has 5 heteroatoms. The highest BCUT2D eigenvalue weighted by atomic mass is 16.5. The smallest absolute Gasteiger partial charge is 0.137 e. The lowest BCUT2D eigenvalue weighted by atomic mass is 9.88. The number of anilines is 2. The van der Waals surface area contributed by atoms with Gasteiger partial charge in [-0.15, -0.1) is 0 Å². The molecule has 0 amide bonds. The summed E-state index contributed by atoms with van der Waals surface area (Å²) >= 11 is 0. The van der Waals surface area contributed by atoms with Crippen LogP contribution in [0.5, 0.6) is 11.5 Å². The van der Waals surface area contributed by atoms with Gasteiger partial charge in [0.25, 0.3) is 0 Å². The van der Waals surface area contributed by atoms with Crippen LogP contribution in [-0.2, 0) is 5.41 Å². The van der Waals surface area contributed by atoms with Crippen molar-refractivity contribution in [2.24, 2.45) is 0 Å². The van der Waals surface area contributed by atoms with Gasteiger partial charge in [0.15, 0.2) is 0 Å². The standard InChI is InChI=1S/C50H44N4O/c1-34-35(2)53(46-26-23-38(36-15-8-6-9-16-36)29-45(46)37-17-10-7-11-18-37)33-52(34)40-19-14-20-41(31-40)55-42-24-25-44-43-21-12-13-22-47(43)54(48(44)32-42)49-30-39(27-28-51-49)50(3,4)5/h6-32H,33H2,1-5H3. The van der Waals surface area contributed by atoms with Gasteiger partial charge in [-0.1, -0.05) is 112 Å². The van der Waals surface area contributed by atoms with Gasteiger partial charge in [0.1, 0.15) is 17.3 Å². The van der Waals surface area contributed by atoms with Crippen molar-refractivity contribution in [2.75, 3.05) is 16.5 Å². The summed E-state index contributed by atoms with van der Waals surface area (Å²) in [4.78, 5) is 9.65. The Morgan fingerprint density at radius 2 is 1.24 bits per heavy atom. The molecule has 0 unspecified atom stereocenters. The second kappa shape index (κ2) is 13.7. The molecule has 1 aliphatic rings. The molecule has 0 fully saturated rings. The van der Waals surface area contributed by atoms with Crippen LogP contribution in [0.3, 0.4) is 0 Å². The van der Waals surface area contributed by atoms with Gasteiger partial charge in [-0.25, -0.2) is 4.98 Å². The van der Waals surface area contributed by atoms with Gasteiger partial charge >= 0.3 is 0 Å². The molecule has 5 nitrogen and oxygen atoms in total. The number of allylic oxidation sites excluding steroid dienone is 2. The molecule has 0 saturated heterocycles. The number of para-hydroxylation sites is 1. The van der Waals surface area contributed by atoms with Gasteiger partial charge in [0, 0.05) is 51.7 Å². The largest absolute Gasteiger partial charge is 0.457 e. The van der Waals surface area contributed by atoms with Gasteiger partial charge < -0.3 is 14.5 Å². The first-order valence-corrected chi connectivity index (χ1v) is 19.0. The van der Waals surface area contributed by atoms with Gasteiger partial charge in [-0.2, -0.15) is 0 Å². The Balaban J connectivity index is 1.04. The van der Waals surface area contributed by atoms with E-state index in [0.717, 1.165) is 34.0 Å². The number of aromatic nitrogens is 2. The lowest BCUT2D eigenvalue weighted by molar-refractivity contribution is 0.483. The van der Waals surface area contributed by atoms with E-state index in [9.17, 15) is 0 Å². The molecule has 0 bridgehead atoms. The van der Waals surface area contributed by atoms with Crippen molar-refractivity contribution in [3.8, 4) is 39.6 Å². The van der Waals surface area contributed by atoms with E-state index in [4.69, 9.17) is 9.72 Å². The summed E-state index contributed by atoms with van der Waals surface area (Å²) in [6.07, 6.45) is 1.92. The number of ether oxygens (including phenoxy) is 1. The maximum atomic E-state index is 6.67. The van der Waals surface area contributed by atoms with Crippen molar-refractivity contribution in [3.05, 3.63) is 181 Å². The van der Waals surface area contributed by atoms with Crippen LogP contribution >= 0.6 is 0 Å². The molecule has 1 aliphatic heterocycles. The van der Waals surface area contributed by atoms with Crippen LogP contribution in [0.1, 0.15) is 40.2 Å². The number of hydrogen-bond acceptors (Lipinski definition) is 4. The molecule has 8 aromatic rings. The minimum Gasteiger partial charge on any atom is -0.457 e. The van der Waals surface area contributed by atoms with E-state index < -0.39 is 0 Å². The summed E-state index contributed by atoms with van der Waals surface area (Å²) in [6, 6.07) is 55.8. The zero-order valence-electron chi connectivity index (χ0n) is 32.0. The molecule has 0 N–H and O–H groups in total. The number of fused-ring (bicyclic) bond motifs is 3. The average Bonchev–Trinajstić information content (AvgIpc) is 3.70. The third-order valence-electron chi connectivity index (χ3n) is 10.9. The molecule has 0 spiro atoms. The van der Waals surface area contributed by atoms with Crippen molar-refractivity contribution in [1.82, 2.24) is 9.55 Å². The van der Waals surface area contributed by atoms with E-state index in [2.05, 4.69) is 201 Å². The molecular weight excluding hydrogens is 673 g/mol. The Labute approximate surface area is 323 Å². The summed E-state index contributed by atoms with van der Waals surface area (Å²) in [5.41, 5.74) is 12.9. The number of hydrogen-bond donors (Lipinski definition) is 0. The minimum absolute atomic E-state index is 0.00533. The first-order valence-electron chi connectivity index (χ1n) is 19.0. The summed E-state index contributed by atoms with van der Waals surface area (Å²) in [5, 5.41) is 2.36. The fourth-order valence-electron chi connectivity index (χ4n) is 7.83. The quantitative estimate of drug-likeness (QED) is 0.164. The van der Waals surface area contributed by atoms with Crippen molar-refractivity contribution >= 4 is 33.2 Å². The van der Waals surface area contributed by atoms with Crippen LogP contribution in [-0.4, -0.2) is 16.2 Å². The van der Waals surface area contributed by atoms with E-state index in [1.54, 1.807) is 0 Å². The van der Waals surface area contributed by atoms with E-state index >= 15 is 0 Å². The monoisotopic (exact) mass is 716 g/mol. The Morgan fingerprint density at radius 1 is 0.545 bits per heavy atom. The van der Waals surface area contributed by atoms with Crippen molar-refractivity contribution < 1.29 is 4.74 Å². The van der Waals surface area contributed by atoms with Gasteiger partial charge in [-0.3, -0.25) is 4.57 Å². The minimum atomic E-state index is 0.00533. The summed E-state index contributed by atoms with van der Waals surface area (Å²) in [5.74, 6) is 2.46. The molecular formula is C50H44N4O. The van der Waals surface area contributed by atoms with E-state index in [0.29, 0.717) is 6.67 Å². The average molecular weight is 717 g/mol. The van der Waals surface area contributed by atoms with Gasteiger partial charge in [0.05, 0.1) is 23.4 Å². The van der Waals surface area contributed by atoms with Crippen LogP contribution in [0.25, 0.3) is 49.9 Å². The molecule has 6 aromatic carbocycles. The van der Waals surface area contributed by atoms with Crippen LogP contribution in [0, 0.1) is 0 Å². The first-order chi connectivity index (χ1) is 26.7. The Hall–Kier alpha value is -6.59. The maximum absolute atomic E-state index is 6.67. The Bertz CT molecular complexity index is 2720. The second-order valence-electron chi connectivity index (χ2n) is 15.4. The zero-order valence-corrected chi connectivity index (χ0v) is 32.0. The molecule has 0 aliphatic carbocycles. The van der Waals surface area contributed by atoms with Gasteiger partial charge in [-0.05, 0) is 96.1 Å². The lowest BCUT2D eigenvalue weighted by Gasteiger charge is -2.26. The highest BCUT2D eigenvalue weighted by Gasteiger charge is 2.28. The third-order valence-corrected chi connectivity index (χ3v) is 10.9. The maximum Gasteiger partial charge on any atom is 0.137 e. The molecule has 0 atom stereocenters. The topological polar surface area (TPSA) is 33.5 Å². The van der Waals surface area contributed by atoms with Gasteiger partial charge in [0.2, 0.25) is 0 Å². The Morgan fingerprint density at radius 3 is 2.02 bits per heavy atom. The predicted octanol–water partition coefficient (Wildman–Crippen LogP) is 13.1. The molecule has 9 rings (SSSR count). The molecule has 2 aromatic heterocycles. The normalized spacial score (nSPS) is 13.3. The summed E-state index contributed by atoms with van der Waals surface area (Å²) < 4.78 is 8.93. The number of benzene rings is 6. The zero-order chi connectivity index (χ0) is 37.7. The third kappa shape index (κ3) is 6.32. The molecule has 0 radical (unpaired) electrons. The van der Waals surface area contributed by atoms with Crippen molar-refractivity contribution in [2.45, 2.75) is 40.0 Å². The van der Waals surface area contributed by atoms with Crippen molar-refractivity contribution in [1.29, 1.82) is 0 Å². The highest BCUT2D eigenvalue weighted by molar-refractivity contribution is 6.09. The van der Waals surface area contributed by atoms with Crippen molar-refractivity contribution in [3.63, 3.8) is 0 Å². The number of nitrogens with zero attached hydrogens (tertiary/aromatic N) is 4. The fraction of sp³-hybridized carbons (Fsp3) is 0.140. The fourth-order valence-corrected chi connectivity index (χ4v) is 7.83. The first kappa shape index (κ1) is 34.2. The van der Waals surface area contributed by atoms with Crippen LogP contribution in [0.4, 0.5) is 11.4 Å². The predicted molar refractivity (Wildman–Crippen MR) is 229 cm³/mol.